The highest BCUT2D eigenvalue weighted by atomic mass is 35.5. The van der Waals surface area contributed by atoms with Gasteiger partial charge in [-0.15, -0.1) is 0 Å². The number of rotatable bonds is 5. The summed E-state index contributed by atoms with van der Waals surface area (Å²) in [5.74, 6) is -0.0362. The molecule has 0 aromatic heterocycles. The van der Waals surface area contributed by atoms with Crippen LogP contribution in [0.5, 0.6) is 0 Å². The Balaban J connectivity index is 2.03. The molecule has 0 fully saturated rings. The molecule has 2 rings (SSSR count). The van der Waals surface area contributed by atoms with Gasteiger partial charge in [-0.25, -0.2) is 0 Å². The number of aryl methyl sites for hydroxylation is 3. The summed E-state index contributed by atoms with van der Waals surface area (Å²) in [5, 5.41) is 7.09. The van der Waals surface area contributed by atoms with Crippen molar-refractivity contribution in [3.8, 4) is 0 Å². The fourth-order valence-corrected chi connectivity index (χ4v) is 3.03. The van der Waals surface area contributed by atoms with Gasteiger partial charge in [0.1, 0.15) is 0 Å². The van der Waals surface area contributed by atoms with Gasteiger partial charge in [-0.1, -0.05) is 41.4 Å². The molecule has 0 unspecified atom stereocenters. The lowest BCUT2D eigenvalue weighted by Crippen LogP contribution is -2.39. The van der Waals surface area contributed by atoms with Crippen molar-refractivity contribution in [1.82, 2.24) is 5.32 Å². The maximum Gasteiger partial charge on any atom is 0.241 e. The van der Waals surface area contributed by atoms with E-state index >= 15 is 0 Å². The number of amides is 1. The molecule has 0 radical (unpaired) electrons. The van der Waals surface area contributed by atoms with Crippen LogP contribution >= 0.6 is 11.6 Å². The van der Waals surface area contributed by atoms with E-state index in [1.54, 1.807) is 0 Å². The topological polar surface area (TPSA) is 41.1 Å². The van der Waals surface area contributed by atoms with Crippen LogP contribution in [0.3, 0.4) is 0 Å². The molecule has 1 amide bonds. The van der Waals surface area contributed by atoms with Crippen LogP contribution in [0.1, 0.15) is 42.1 Å². The van der Waals surface area contributed by atoms with Gasteiger partial charge in [0.15, 0.2) is 0 Å². The van der Waals surface area contributed by atoms with Crippen molar-refractivity contribution in [3.05, 3.63) is 63.7 Å². The Hall–Kier alpha value is -1.84. The minimum absolute atomic E-state index is 0.0362. The first kappa shape index (κ1) is 18.5. The van der Waals surface area contributed by atoms with Crippen LogP contribution in [0, 0.1) is 20.8 Å². The van der Waals surface area contributed by atoms with Crippen LogP contribution in [-0.2, 0) is 4.79 Å². The predicted octanol–water partition coefficient (Wildman–Crippen LogP) is 4.94. The van der Waals surface area contributed by atoms with Gasteiger partial charge in [0.25, 0.3) is 0 Å². The molecule has 0 aliphatic rings. The third-order valence-electron chi connectivity index (χ3n) is 4.19. The highest BCUT2D eigenvalue weighted by Crippen LogP contribution is 2.22. The summed E-state index contributed by atoms with van der Waals surface area (Å²) in [4.78, 5) is 12.5. The summed E-state index contributed by atoms with van der Waals surface area (Å²) in [6.45, 7) is 10.0. The monoisotopic (exact) mass is 344 g/mol. The highest BCUT2D eigenvalue weighted by Gasteiger charge is 2.18. The van der Waals surface area contributed by atoms with Crippen LogP contribution in [0.4, 0.5) is 5.69 Å². The molecular formula is C20H25ClN2O. The Morgan fingerprint density at radius 2 is 1.54 bits per heavy atom. The molecule has 2 aromatic carbocycles. The predicted molar refractivity (Wildman–Crippen MR) is 102 cm³/mol. The minimum atomic E-state index is -0.309. The van der Waals surface area contributed by atoms with E-state index in [1.807, 2.05) is 52.0 Å². The van der Waals surface area contributed by atoms with Gasteiger partial charge < -0.3 is 5.32 Å². The van der Waals surface area contributed by atoms with Gasteiger partial charge in [0, 0.05) is 16.8 Å². The number of halogens is 1. The maximum atomic E-state index is 12.5. The molecule has 0 spiro atoms. The molecule has 2 atom stereocenters. The van der Waals surface area contributed by atoms with Gasteiger partial charge in [-0.2, -0.15) is 0 Å². The van der Waals surface area contributed by atoms with Crippen molar-refractivity contribution >= 4 is 23.2 Å². The van der Waals surface area contributed by atoms with Crippen molar-refractivity contribution in [1.29, 1.82) is 0 Å². The molecule has 4 heteroatoms. The molecule has 2 N–H and O–H groups in total. The first-order valence-corrected chi connectivity index (χ1v) is 8.56. The second-order valence-corrected chi connectivity index (χ2v) is 6.86. The molecule has 0 aliphatic carbocycles. The van der Waals surface area contributed by atoms with E-state index in [1.165, 1.54) is 5.56 Å². The van der Waals surface area contributed by atoms with Crippen LogP contribution in [-0.4, -0.2) is 11.9 Å². The summed E-state index contributed by atoms with van der Waals surface area (Å²) in [7, 11) is 0. The number of nitrogens with one attached hydrogen (secondary N) is 2. The smallest absolute Gasteiger partial charge is 0.241 e. The van der Waals surface area contributed by atoms with E-state index in [0.29, 0.717) is 5.02 Å². The van der Waals surface area contributed by atoms with Crippen LogP contribution in [0.2, 0.25) is 5.02 Å². The van der Waals surface area contributed by atoms with E-state index in [0.717, 1.165) is 22.4 Å². The zero-order chi connectivity index (χ0) is 17.9. The lowest BCUT2D eigenvalue weighted by Gasteiger charge is -2.21. The first-order valence-electron chi connectivity index (χ1n) is 8.18. The van der Waals surface area contributed by atoms with Crippen molar-refractivity contribution in [3.63, 3.8) is 0 Å². The zero-order valence-electron chi connectivity index (χ0n) is 14.9. The van der Waals surface area contributed by atoms with Gasteiger partial charge in [-0.3, -0.25) is 10.1 Å². The molecule has 0 saturated carbocycles. The lowest BCUT2D eigenvalue weighted by atomic mass is 10.0. The van der Waals surface area contributed by atoms with Crippen LogP contribution in [0.25, 0.3) is 0 Å². The Bertz CT molecular complexity index is 702. The standard InChI is InChI=1S/C20H25ClN2O/c1-12-10-13(2)19(14(3)11-12)23-20(24)16(5)22-15(4)17-6-8-18(21)9-7-17/h6-11,15-16,22H,1-5H3,(H,23,24)/t15-,16-/m1/s1. The molecule has 2 aromatic rings. The largest absolute Gasteiger partial charge is 0.324 e. The number of benzene rings is 2. The number of carbonyl (C=O) groups excluding carboxylic acids is 1. The van der Waals surface area contributed by atoms with Gasteiger partial charge >= 0.3 is 0 Å². The maximum absolute atomic E-state index is 12.5. The summed E-state index contributed by atoms with van der Waals surface area (Å²) in [6.07, 6.45) is 0. The average Bonchev–Trinajstić information content (AvgIpc) is 2.51. The van der Waals surface area contributed by atoms with Crippen LogP contribution < -0.4 is 10.6 Å². The van der Waals surface area contributed by atoms with Crippen LogP contribution in [0.15, 0.2) is 36.4 Å². The highest BCUT2D eigenvalue weighted by molar-refractivity contribution is 6.30. The molecule has 128 valence electrons. The third-order valence-corrected chi connectivity index (χ3v) is 4.44. The van der Waals surface area contributed by atoms with E-state index in [2.05, 4.69) is 29.7 Å². The van der Waals surface area contributed by atoms with Gasteiger partial charge in [0.05, 0.1) is 6.04 Å². The Morgan fingerprint density at radius 1 is 1.00 bits per heavy atom. The van der Waals surface area contributed by atoms with Crippen molar-refractivity contribution in [2.45, 2.75) is 46.7 Å². The minimum Gasteiger partial charge on any atom is -0.324 e. The second-order valence-electron chi connectivity index (χ2n) is 6.42. The average molecular weight is 345 g/mol. The molecular weight excluding hydrogens is 320 g/mol. The molecule has 0 aliphatic heterocycles. The molecule has 0 saturated heterocycles. The normalized spacial score (nSPS) is 13.4. The zero-order valence-corrected chi connectivity index (χ0v) is 15.7. The van der Waals surface area contributed by atoms with E-state index in [-0.39, 0.29) is 18.0 Å². The molecule has 3 nitrogen and oxygen atoms in total. The van der Waals surface area contributed by atoms with E-state index < -0.39 is 0 Å². The number of hydrogen-bond acceptors (Lipinski definition) is 2. The molecule has 24 heavy (non-hydrogen) atoms. The lowest BCUT2D eigenvalue weighted by molar-refractivity contribution is -0.117. The Labute approximate surface area is 149 Å². The fourth-order valence-electron chi connectivity index (χ4n) is 2.91. The number of anilines is 1. The Morgan fingerprint density at radius 3 is 2.08 bits per heavy atom. The summed E-state index contributed by atoms with van der Waals surface area (Å²) in [5.41, 5.74) is 5.36. The summed E-state index contributed by atoms with van der Waals surface area (Å²) in [6, 6.07) is 11.6. The fraction of sp³-hybridized carbons (Fsp3) is 0.350. The van der Waals surface area contributed by atoms with Crippen molar-refractivity contribution < 1.29 is 4.79 Å². The van der Waals surface area contributed by atoms with E-state index in [9.17, 15) is 4.79 Å². The molecule has 0 heterocycles. The van der Waals surface area contributed by atoms with Crippen molar-refractivity contribution in [2.75, 3.05) is 5.32 Å². The Kier molecular flexibility index (Phi) is 6.03. The second kappa shape index (κ2) is 7.82. The molecule has 0 bridgehead atoms. The van der Waals surface area contributed by atoms with Gasteiger partial charge in [-0.05, 0) is 63.4 Å². The number of hydrogen-bond donors (Lipinski definition) is 2. The van der Waals surface area contributed by atoms with E-state index in [4.69, 9.17) is 11.6 Å². The number of carbonyl (C=O) groups is 1. The first-order chi connectivity index (χ1) is 11.3. The summed E-state index contributed by atoms with van der Waals surface area (Å²) < 4.78 is 0. The third kappa shape index (κ3) is 4.59. The van der Waals surface area contributed by atoms with Gasteiger partial charge in [0.2, 0.25) is 5.91 Å². The SMILES string of the molecule is Cc1cc(C)c(NC(=O)[C@@H](C)N[C@H](C)c2ccc(Cl)cc2)c(C)c1. The summed E-state index contributed by atoms with van der Waals surface area (Å²) >= 11 is 5.92. The van der Waals surface area contributed by atoms with Crippen molar-refractivity contribution in [2.24, 2.45) is 0 Å². The quantitative estimate of drug-likeness (QED) is 0.806.